The van der Waals surface area contributed by atoms with E-state index in [1.54, 1.807) is 11.8 Å². The third-order valence-electron chi connectivity index (χ3n) is 2.69. The van der Waals surface area contributed by atoms with E-state index < -0.39 is 11.9 Å². The van der Waals surface area contributed by atoms with Gasteiger partial charge in [0, 0.05) is 30.9 Å². The van der Waals surface area contributed by atoms with E-state index in [9.17, 15) is 18.0 Å². The Hall–Kier alpha value is -1.26. The van der Waals surface area contributed by atoms with E-state index in [2.05, 4.69) is 25.9 Å². The first kappa shape index (κ1) is 18.8. The summed E-state index contributed by atoms with van der Waals surface area (Å²) in [4.78, 5) is 18.7. The molecule has 3 N–H and O–H groups in total. The molecule has 6 nitrogen and oxygen atoms in total. The molecule has 0 aliphatic carbocycles. The molecule has 2 heterocycles. The number of alkyl halides is 3. The third-order valence-corrected chi connectivity index (χ3v) is 3.63. The minimum atomic E-state index is -4.50. The zero-order valence-electron chi connectivity index (χ0n) is 11.3. The van der Waals surface area contributed by atoms with Crippen LogP contribution in [0.25, 0.3) is 0 Å². The summed E-state index contributed by atoms with van der Waals surface area (Å²) in [5.74, 6) is 1.23. The number of thioether (sulfide) groups is 1. The van der Waals surface area contributed by atoms with Gasteiger partial charge in [-0.05, 0) is 6.07 Å². The van der Waals surface area contributed by atoms with Crippen molar-refractivity contribution in [2.24, 2.45) is 0 Å². The highest BCUT2D eigenvalue weighted by atomic mass is 35.5. The van der Waals surface area contributed by atoms with Crippen LogP contribution in [0.4, 0.5) is 19.1 Å². The summed E-state index contributed by atoms with van der Waals surface area (Å²) >= 11 is 1.64. The summed E-state index contributed by atoms with van der Waals surface area (Å²) in [6.45, 7) is 0.522. The van der Waals surface area contributed by atoms with Gasteiger partial charge < -0.3 is 10.6 Å². The minimum Gasteiger partial charge on any atom is -0.353 e. The van der Waals surface area contributed by atoms with Crippen molar-refractivity contribution in [3.05, 3.63) is 18.0 Å². The van der Waals surface area contributed by atoms with Crippen molar-refractivity contribution in [3.63, 3.8) is 0 Å². The topological polar surface area (TPSA) is 78.9 Å². The quantitative estimate of drug-likeness (QED) is 0.685. The van der Waals surface area contributed by atoms with Crippen LogP contribution in [0.2, 0.25) is 0 Å². The Balaban J connectivity index is 0.00000242. The summed E-state index contributed by atoms with van der Waals surface area (Å²) < 4.78 is 37.4. The molecule has 124 valence electrons. The molecule has 1 aromatic heterocycles. The van der Waals surface area contributed by atoms with Crippen molar-refractivity contribution in [1.82, 2.24) is 20.6 Å². The Labute approximate surface area is 135 Å². The molecule has 0 bridgehead atoms. The zero-order chi connectivity index (χ0) is 15.3. The van der Waals surface area contributed by atoms with Crippen LogP contribution in [0.3, 0.4) is 0 Å². The van der Waals surface area contributed by atoms with Gasteiger partial charge in [-0.25, -0.2) is 9.97 Å². The molecule has 1 saturated heterocycles. The fourth-order valence-corrected chi connectivity index (χ4v) is 2.59. The number of carbonyl (C=O) groups is 1. The number of amides is 1. The lowest BCUT2D eigenvalue weighted by Gasteiger charge is -2.11. The second-order valence-electron chi connectivity index (χ2n) is 4.25. The smallest absolute Gasteiger partial charge is 0.353 e. The molecule has 11 heteroatoms. The van der Waals surface area contributed by atoms with Crippen LogP contribution in [0, 0.1) is 0 Å². The number of rotatable bonds is 5. The maximum Gasteiger partial charge on any atom is 0.433 e. The second-order valence-corrected chi connectivity index (χ2v) is 5.28. The average Bonchev–Trinajstić information content (AvgIpc) is 2.97. The lowest BCUT2D eigenvalue weighted by atomic mass is 10.3. The molecular weight excluding hydrogens is 343 g/mol. The first-order valence-corrected chi connectivity index (χ1v) is 7.35. The Kier molecular flexibility index (Phi) is 7.17. The van der Waals surface area contributed by atoms with Crippen LogP contribution >= 0.6 is 24.2 Å². The minimum absolute atomic E-state index is 0. The van der Waals surface area contributed by atoms with Gasteiger partial charge in [0.15, 0.2) is 0 Å². The fourth-order valence-electron chi connectivity index (χ4n) is 1.65. The van der Waals surface area contributed by atoms with Gasteiger partial charge in [-0.15, -0.1) is 24.2 Å². The van der Waals surface area contributed by atoms with Gasteiger partial charge in [0.2, 0.25) is 11.9 Å². The zero-order valence-corrected chi connectivity index (χ0v) is 12.9. The summed E-state index contributed by atoms with van der Waals surface area (Å²) in [5.41, 5.74) is -1.00. The van der Waals surface area contributed by atoms with Gasteiger partial charge >= 0.3 is 6.18 Å². The lowest BCUT2D eigenvalue weighted by Crippen LogP contribution is -2.43. The average molecular weight is 358 g/mol. The van der Waals surface area contributed by atoms with E-state index in [0.717, 1.165) is 23.9 Å². The first-order chi connectivity index (χ1) is 9.97. The fraction of sp³-hybridized carbons (Fsp3) is 0.545. The highest BCUT2D eigenvalue weighted by Crippen LogP contribution is 2.27. The van der Waals surface area contributed by atoms with E-state index in [-0.39, 0.29) is 43.4 Å². The van der Waals surface area contributed by atoms with Crippen LogP contribution in [0.5, 0.6) is 0 Å². The Morgan fingerprint density at radius 3 is 2.86 bits per heavy atom. The maximum absolute atomic E-state index is 12.5. The van der Waals surface area contributed by atoms with Crippen molar-refractivity contribution >= 4 is 36.0 Å². The van der Waals surface area contributed by atoms with Crippen molar-refractivity contribution in [2.75, 3.05) is 30.0 Å². The van der Waals surface area contributed by atoms with Crippen LogP contribution < -0.4 is 16.0 Å². The number of hydrogen-bond donors (Lipinski definition) is 3. The number of nitrogens with one attached hydrogen (secondary N) is 3. The summed E-state index contributed by atoms with van der Waals surface area (Å²) in [7, 11) is 0. The molecule has 22 heavy (non-hydrogen) atoms. The van der Waals surface area contributed by atoms with E-state index in [4.69, 9.17) is 0 Å². The Bertz CT molecular complexity index is 499. The van der Waals surface area contributed by atoms with Gasteiger partial charge in [0.05, 0.1) is 6.04 Å². The standard InChI is InChI=1S/C11H14F3N5OS.ClH/c12-11(13,14)8-1-2-16-10(19-8)17-4-3-15-9(20)7-5-21-6-18-7;/h1-2,7,18H,3-6H2,(H,15,20)(H,16,17,19);1H. The Morgan fingerprint density at radius 1 is 1.45 bits per heavy atom. The van der Waals surface area contributed by atoms with Crippen LogP contribution in [-0.2, 0) is 11.0 Å². The first-order valence-electron chi connectivity index (χ1n) is 6.20. The van der Waals surface area contributed by atoms with E-state index in [1.165, 1.54) is 0 Å². The molecule has 2 rings (SSSR count). The van der Waals surface area contributed by atoms with Gasteiger partial charge in [-0.2, -0.15) is 13.2 Å². The number of nitrogens with zero attached hydrogens (tertiary/aromatic N) is 2. The molecule has 1 aliphatic rings. The maximum atomic E-state index is 12.5. The summed E-state index contributed by atoms with van der Waals surface area (Å²) in [6, 6.07) is 0.593. The van der Waals surface area contributed by atoms with E-state index >= 15 is 0 Å². The Morgan fingerprint density at radius 2 is 2.23 bits per heavy atom. The molecule has 1 aliphatic heterocycles. The summed E-state index contributed by atoms with van der Waals surface area (Å²) in [6.07, 6.45) is -3.46. The molecule has 1 atom stereocenters. The van der Waals surface area contributed by atoms with Crippen molar-refractivity contribution in [1.29, 1.82) is 0 Å². The largest absolute Gasteiger partial charge is 0.433 e. The highest BCUT2D eigenvalue weighted by Gasteiger charge is 2.32. The molecular formula is C11H15ClF3N5OS. The molecule has 1 amide bonds. The van der Waals surface area contributed by atoms with Gasteiger partial charge in [0.25, 0.3) is 0 Å². The molecule has 1 fully saturated rings. The van der Waals surface area contributed by atoms with Gasteiger partial charge in [0.1, 0.15) is 5.69 Å². The number of aromatic nitrogens is 2. The molecule has 0 spiro atoms. The number of carbonyl (C=O) groups excluding carboxylic acids is 1. The number of anilines is 1. The monoisotopic (exact) mass is 357 g/mol. The highest BCUT2D eigenvalue weighted by molar-refractivity contribution is 7.99. The number of hydrogen-bond acceptors (Lipinski definition) is 6. The van der Waals surface area contributed by atoms with Crippen LogP contribution in [-0.4, -0.2) is 46.6 Å². The molecule has 1 aromatic rings. The normalized spacial score (nSPS) is 17.7. The summed E-state index contributed by atoms with van der Waals surface area (Å²) in [5, 5.41) is 8.35. The van der Waals surface area contributed by atoms with Gasteiger partial charge in [-0.1, -0.05) is 0 Å². The molecule has 0 saturated carbocycles. The molecule has 0 aromatic carbocycles. The molecule has 1 unspecified atom stereocenters. The number of halogens is 4. The third kappa shape index (κ3) is 5.50. The SMILES string of the molecule is Cl.O=C(NCCNc1nccc(C(F)(F)F)n1)C1CSCN1. The van der Waals surface area contributed by atoms with Crippen molar-refractivity contribution in [3.8, 4) is 0 Å². The predicted octanol–water partition coefficient (Wildman–Crippen LogP) is 1.11. The van der Waals surface area contributed by atoms with Crippen LogP contribution in [0.15, 0.2) is 12.3 Å². The van der Waals surface area contributed by atoms with Gasteiger partial charge in [-0.3, -0.25) is 10.1 Å². The second kappa shape index (κ2) is 8.39. The van der Waals surface area contributed by atoms with E-state index in [1.807, 2.05) is 0 Å². The molecule has 0 radical (unpaired) electrons. The van der Waals surface area contributed by atoms with Crippen molar-refractivity contribution < 1.29 is 18.0 Å². The van der Waals surface area contributed by atoms with Crippen molar-refractivity contribution in [2.45, 2.75) is 12.2 Å². The predicted molar refractivity (Wildman–Crippen MR) is 80.0 cm³/mol. The lowest BCUT2D eigenvalue weighted by molar-refractivity contribution is -0.141. The van der Waals surface area contributed by atoms with E-state index in [0.29, 0.717) is 0 Å². The van der Waals surface area contributed by atoms with Crippen LogP contribution in [0.1, 0.15) is 5.69 Å².